The van der Waals surface area contributed by atoms with Gasteiger partial charge in [0.05, 0.1) is 6.61 Å². The molecule has 6 atom stereocenters. The van der Waals surface area contributed by atoms with Crippen molar-refractivity contribution in [2.24, 2.45) is 0 Å². The molecule has 2 heterocycles. The summed E-state index contributed by atoms with van der Waals surface area (Å²) in [4.78, 5) is 0. The first kappa shape index (κ1) is 17.7. The highest BCUT2D eigenvalue weighted by atomic mass is 32.2. The van der Waals surface area contributed by atoms with E-state index >= 15 is 0 Å². The molecule has 0 aromatic heterocycles. The summed E-state index contributed by atoms with van der Waals surface area (Å²) in [5.41, 5.74) is 0.760. The van der Waals surface area contributed by atoms with Crippen molar-refractivity contribution in [3.05, 3.63) is 35.9 Å². The average Bonchev–Trinajstić information content (AvgIpc) is 2.56. The maximum Gasteiger partial charge on any atom is 0.333 e. The van der Waals surface area contributed by atoms with E-state index in [1.807, 2.05) is 35.1 Å². The molecule has 3 N–H and O–H groups in total. The molecule has 1 unspecified atom stereocenters. The largest absolute Gasteiger partial charge is 0.388 e. The molecule has 2 aliphatic heterocycles. The van der Waals surface area contributed by atoms with Gasteiger partial charge in [-0.15, -0.1) is 0 Å². The average molecular weight is 361 g/mol. The first-order chi connectivity index (χ1) is 11.4. The maximum absolute atomic E-state index is 11.1. The minimum absolute atomic E-state index is 0.139. The molecule has 9 nitrogen and oxygen atoms in total. The van der Waals surface area contributed by atoms with Crippen LogP contribution in [-0.2, 0) is 29.3 Å². The number of aliphatic hydroxyl groups is 1. The van der Waals surface area contributed by atoms with E-state index in [1.165, 1.54) is 7.11 Å². The normalized spacial score (nSPS) is 37.0. The Hall–Kier alpha value is -1.11. The smallest absolute Gasteiger partial charge is 0.333 e. The second kappa shape index (κ2) is 7.02. The predicted molar refractivity (Wildman–Crippen MR) is 80.2 cm³/mol. The highest BCUT2D eigenvalue weighted by Crippen LogP contribution is 2.34. The van der Waals surface area contributed by atoms with Crippen LogP contribution in [0.5, 0.6) is 0 Å². The number of benzene rings is 1. The highest BCUT2D eigenvalue weighted by Gasteiger charge is 2.50. The molecule has 3 rings (SSSR count). The van der Waals surface area contributed by atoms with Crippen LogP contribution in [0.2, 0.25) is 0 Å². The summed E-state index contributed by atoms with van der Waals surface area (Å²) in [6.45, 7) is 0.139. The maximum atomic E-state index is 11.1. The number of ether oxygens (including phenoxy) is 4. The predicted octanol–water partition coefficient (Wildman–Crippen LogP) is -0.406. The van der Waals surface area contributed by atoms with Gasteiger partial charge in [0, 0.05) is 12.7 Å². The van der Waals surface area contributed by atoms with Gasteiger partial charge in [-0.1, -0.05) is 30.3 Å². The van der Waals surface area contributed by atoms with Crippen molar-refractivity contribution in [3.8, 4) is 0 Å². The standard InChI is InChI=1S/C14H19NO8S/c1-20-14-10(15-24(17,18)19)11(16)12-9(22-14)7-21-13(23-12)8-5-3-2-4-6-8/h2-6,9-16H,7H2,1H3,(H,17,18,19)/t9-,10-,11-,12-,13?,14-/m1/s1. The summed E-state index contributed by atoms with van der Waals surface area (Å²) in [5, 5.41) is 10.5. The van der Waals surface area contributed by atoms with Crippen LogP contribution in [0.15, 0.2) is 30.3 Å². The Labute approximate surface area is 139 Å². The summed E-state index contributed by atoms with van der Waals surface area (Å²) >= 11 is 0. The Morgan fingerprint density at radius 2 is 1.96 bits per heavy atom. The van der Waals surface area contributed by atoms with Crippen LogP contribution in [0.3, 0.4) is 0 Å². The van der Waals surface area contributed by atoms with Crippen molar-refractivity contribution in [2.75, 3.05) is 13.7 Å². The molecule has 0 spiro atoms. The van der Waals surface area contributed by atoms with Gasteiger partial charge in [-0.2, -0.15) is 13.1 Å². The second-order valence-corrected chi connectivity index (χ2v) is 6.75. The quantitative estimate of drug-likeness (QED) is 0.619. The third-order valence-corrected chi connectivity index (χ3v) is 4.52. The van der Waals surface area contributed by atoms with Crippen molar-refractivity contribution < 1.29 is 37.0 Å². The van der Waals surface area contributed by atoms with Gasteiger partial charge in [-0.3, -0.25) is 4.55 Å². The summed E-state index contributed by atoms with van der Waals surface area (Å²) in [5.74, 6) is 0. The topological polar surface area (TPSA) is 124 Å². The van der Waals surface area contributed by atoms with Crippen LogP contribution in [0, 0.1) is 0 Å². The molecular weight excluding hydrogens is 342 g/mol. The molecule has 2 saturated heterocycles. The molecule has 0 aliphatic carbocycles. The van der Waals surface area contributed by atoms with Gasteiger partial charge in [-0.05, 0) is 0 Å². The molecule has 0 amide bonds. The fourth-order valence-corrected chi connectivity index (χ4v) is 3.46. The summed E-state index contributed by atoms with van der Waals surface area (Å²) in [6, 6.07) is 7.90. The van der Waals surface area contributed by atoms with E-state index in [9.17, 15) is 13.5 Å². The first-order valence-electron chi connectivity index (χ1n) is 7.32. The number of rotatable bonds is 4. The molecule has 10 heteroatoms. The lowest BCUT2D eigenvalue weighted by atomic mass is 9.96. The van der Waals surface area contributed by atoms with Crippen LogP contribution >= 0.6 is 0 Å². The minimum Gasteiger partial charge on any atom is -0.388 e. The zero-order valence-electron chi connectivity index (χ0n) is 12.8. The monoisotopic (exact) mass is 361 g/mol. The molecule has 0 radical (unpaired) electrons. The van der Waals surface area contributed by atoms with E-state index in [-0.39, 0.29) is 6.61 Å². The molecule has 2 aliphatic rings. The van der Waals surface area contributed by atoms with Crippen molar-refractivity contribution in [1.29, 1.82) is 0 Å². The van der Waals surface area contributed by atoms with Gasteiger partial charge >= 0.3 is 10.3 Å². The van der Waals surface area contributed by atoms with Crippen molar-refractivity contribution in [1.82, 2.24) is 4.72 Å². The second-order valence-electron chi connectivity index (χ2n) is 5.56. The van der Waals surface area contributed by atoms with Crippen LogP contribution < -0.4 is 4.72 Å². The number of hydrogen-bond donors (Lipinski definition) is 3. The van der Waals surface area contributed by atoms with Crippen molar-refractivity contribution in [2.45, 2.75) is 36.9 Å². The van der Waals surface area contributed by atoms with Crippen molar-refractivity contribution >= 4 is 10.3 Å². The lowest BCUT2D eigenvalue weighted by Gasteiger charge is -2.47. The van der Waals surface area contributed by atoms with E-state index < -0.39 is 47.2 Å². The lowest BCUT2D eigenvalue weighted by Crippen LogP contribution is -2.66. The Morgan fingerprint density at radius 1 is 1.25 bits per heavy atom. The molecule has 1 aromatic carbocycles. The SMILES string of the molecule is CO[C@@H]1O[C@@H]2COC(c3ccccc3)O[C@H]2[C@H](O)[C@H]1NS(=O)(=O)O. The Balaban J connectivity index is 1.79. The summed E-state index contributed by atoms with van der Waals surface area (Å²) < 4.78 is 55.1. The molecule has 0 bridgehead atoms. The van der Waals surface area contributed by atoms with Gasteiger partial charge in [0.25, 0.3) is 0 Å². The van der Waals surface area contributed by atoms with E-state index in [0.29, 0.717) is 0 Å². The molecular formula is C14H19NO8S. The van der Waals surface area contributed by atoms with Gasteiger partial charge in [0.2, 0.25) is 0 Å². The Kier molecular flexibility index (Phi) is 5.18. The zero-order valence-corrected chi connectivity index (χ0v) is 13.6. The van der Waals surface area contributed by atoms with Crippen LogP contribution in [0.25, 0.3) is 0 Å². The number of methoxy groups -OCH3 is 1. The van der Waals surface area contributed by atoms with E-state index in [4.69, 9.17) is 23.5 Å². The van der Waals surface area contributed by atoms with Crippen molar-refractivity contribution in [3.63, 3.8) is 0 Å². The summed E-state index contributed by atoms with van der Waals surface area (Å²) in [7, 11) is -3.26. The molecule has 2 fully saturated rings. The molecule has 24 heavy (non-hydrogen) atoms. The lowest BCUT2D eigenvalue weighted by molar-refractivity contribution is -0.340. The number of aliphatic hydroxyl groups excluding tert-OH is 1. The van der Waals surface area contributed by atoms with Crippen LogP contribution in [-0.4, -0.2) is 62.4 Å². The Morgan fingerprint density at radius 3 is 2.58 bits per heavy atom. The Bertz CT molecular complexity index is 654. The molecule has 134 valence electrons. The number of fused-ring (bicyclic) bond motifs is 1. The van der Waals surface area contributed by atoms with E-state index in [1.54, 1.807) is 0 Å². The third kappa shape index (κ3) is 3.76. The fourth-order valence-electron chi connectivity index (χ4n) is 2.87. The molecule has 0 saturated carbocycles. The number of nitrogens with one attached hydrogen (secondary N) is 1. The van der Waals surface area contributed by atoms with Crippen LogP contribution in [0.4, 0.5) is 0 Å². The van der Waals surface area contributed by atoms with Crippen LogP contribution in [0.1, 0.15) is 11.9 Å². The van der Waals surface area contributed by atoms with Gasteiger partial charge in [0.15, 0.2) is 12.6 Å². The van der Waals surface area contributed by atoms with Gasteiger partial charge in [0.1, 0.15) is 24.4 Å². The fraction of sp³-hybridized carbons (Fsp3) is 0.571. The summed E-state index contributed by atoms with van der Waals surface area (Å²) in [6.07, 6.45) is -4.59. The third-order valence-electron chi connectivity index (χ3n) is 3.95. The highest BCUT2D eigenvalue weighted by molar-refractivity contribution is 7.83. The zero-order chi connectivity index (χ0) is 17.3. The first-order valence-corrected chi connectivity index (χ1v) is 8.76. The van der Waals surface area contributed by atoms with E-state index in [2.05, 4.69) is 0 Å². The van der Waals surface area contributed by atoms with Gasteiger partial charge < -0.3 is 24.1 Å². The van der Waals surface area contributed by atoms with Gasteiger partial charge in [-0.25, -0.2) is 0 Å². The molecule has 1 aromatic rings. The van der Waals surface area contributed by atoms with E-state index in [0.717, 1.165) is 5.56 Å². The minimum atomic E-state index is -4.56. The number of hydrogen-bond acceptors (Lipinski definition) is 7.